The average molecular weight is 607 g/mol. The molecule has 0 aromatic rings. The molecule has 0 aromatic carbocycles. The van der Waals surface area contributed by atoms with E-state index >= 15 is 0 Å². The monoisotopic (exact) mass is 606 g/mol. The number of quaternary nitrogens is 1. The van der Waals surface area contributed by atoms with Gasteiger partial charge >= 0.3 is 7.82 Å². The highest BCUT2D eigenvalue weighted by Crippen LogP contribution is 2.43. The molecule has 0 amide bonds. The molecule has 1 N–H and O–H groups in total. The number of ether oxygens (including phenoxy) is 2. The molecule has 7 nitrogen and oxygen atoms in total. The topological polar surface area (TPSA) is 74.2 Å². The summed E-state index contributed by atoms with van der Waals surface area (Å²) < 4.78 is 33.8. The third-order valence-corrected chi connectivity index (χ3v) is 8.36. The maximum Gasteiger partial charge on any atom is 0.472 e. The first kappa shape index (κ1) is 40.7. The number of unbranched alkanes of at least 4 members (excludes halogenated alkanes) is 18. The Morgan fingerprint density at radius 1 is 0.659 bits per heavy atom. The van der Waals surface area contributed by atoms with E-state index in [1.165, 1.54) is 122 Å². The van der Waals surface area contributed by atoms with Crippen LogP contribution in [0.25, 0.3) is 0 Å². The summed E-state index contributed by atoms with van der Waals surface area (Å²) in [6.45, 7) is 4.02. The number of rotatable bonds is 32. The van der Waals surface area contributed by atoms with E-state index in [1.807, 2.05) is 21.1 Å². The third-order valence-electron chi connectivity index (χ3n) is 7.38. The van der Waals surface area contributed by atoms with Gasteiger partial charge in [0.1, 0.15) is 19.3 Å². The second-order valence-electron chi connectivity index (χ2n) is 12.6. The number of likely N-dealkylation sites (N-methyl/N-ethyl adjacent to an activating group) is 1. The Balaban J connectivity index is 3.44. The molecular formula is C33H69NO6P+. The molecule has 0 aliphatic heterocycles. The van der Waals surface area contributed by atoms with Crippen LogP contribution in [0.15, 0.2) is 12.2 Å². The minimum absolute atomic E-state index is 0.0385. The predicted octanol–water partition coefficient (Wildman–Crippen LogP) is 9.24. The van der Waals surface area contributed by atoms with Gasteiger partial charge in [0.2, 0.25) is 0 Å². The van der Waals surface area contributed by atoms with Crippen LogP contribution < -0.4 is 0 Å². The summed E-state index contributed by atoms with van der Waals surface area (Å²) in [5.41, 5.74) is 0. The Labute approximate surface area is 254 Å². The molecule has 0 saturated heterocycles. The van der Waals surface area contributed by atoms with Gasteiger partial charge in [-0.2, -0.15) is 0 Å². The van der Waals surface area contributed by atoms with Crippen LogP contribution in [0.2, 0.25) is 0 Å². The Morgan fingerprint density at radius 2 is 1.12 bits per heavy atom. The molecule has 246 valence electrons. The summed E-state index contributed by atoms with van der Waals surface area (Å²) in [5.74, 6) is 0. The van der Waals surface area contributed by atoms with Crippen LogP contribution >= 0.6 is 7.82 Å². The van der Waals surface area contributed by atoms with E-state index in [1.54, 1.807) is 7.11 Å². The van der Waals surface area contributed by atoms with Crippen molar-refractivity contribution in [2.75, 3.05) is 61.2 Å². The smallest absolute Gasteiger partial charge is 0.379 e. The number of nitrogens with zero attached hydrogens (tertiary/aromatic N) is 1. The van der Waals surface area contributed by atoms with Crippen LogP contribution in [0, 0.1) is 0 Å². The number of phosphoric acid groups is 1. The van der Waals surface area contributed by atoms with E-state index in [0.717, 1.165) is 6.42 Å². The fourth-order valence-corrected chi connectivity index (χ4v) is 5.30. The van der Waals surface area contributed by atoms with Gasteiger partial charge in [0.05, 0.1) is 34.4 Å². The molecule has 0 rings (SSSR count). The minimum Gasteiger partial charge on any atom is -0.379 e. The van der Waals surface area contributed by atoms with Crippen molar-refractivity contribution in [1.82, 2.24) is 0 Å². The van der Waals surface area contributed by atoms with Crippen molar-refractivity contribution < 1.29 is 32.5 Å². The van der Waals surface area contributed by atoms with Crippen molar-refractivity contribution in [2.45, 2.75) is 141 Å². The molecule has 0 aromatic heterocycles. The summed E-state index contributed by atoms with van der Waals surface area (Å²) in [4.78, 5) is 9.82. The molecule has 0 radical (unpaired) electrons. The zero-order valence-electron chi connectivity index (χ0n) is 27.8. The van der Waals surface area contributed by atoms with Crippen LogP contribution in [-0.2, 0) is 23.1 Å². The van der Waals surface area contributed by atoms with Gasteiger partial charge in [-0.05, 0) is 32.1 Å². The molecule has 1 unspecified atom stereocenters. The van der Waals surface area contributed by atoms with E-state index in [-0.39, 0.29) is 13.2 Å². The Bertz CT molecular complexity index is 625. The molecule has 0 bridgehead atoms. The lowest BCUT2D eigenvalue weighted by atomic mass is 10.0. The molecule has 2 atom stereocenters. The fourth-order valence-electron chi connectivity index (χ4n) is 4.56. The summed E-state index contributed by atoms with van der Waals surface area (Å²) >= 11 is 0. The van der Waals surface area contributed by atoms with Crippen molar-refractivity contribution in [1.29, 1.82) is 0 Å². The first-order valence-corrected chi connectivity index (χ1v) is 18.4. The first-order chi connectivity index (χ1) is 19.7. The van der Waals surface area contributed by atoms with Crippen LogP contribution in [0.1, 0.15) is 135 Å². The molecule has 0 spiro atoms. The Kier molecular flexibility index (Phi) is 28.3. The van der Waals surface area contributed by atoms with E-state index in [4.69, 9.17) is 18.5 Å². The fraction of sp³-hybridized carbons (Fsp3) is 0.939. The number of allylic oxidation sites excluding steroid dienone is 2. The van der Waals surface area contributed by atoms with Crippen LogP contribution in [0.3, 0.4) is 0 Å². The van der Waals surface area contributed by atoms with Crippen molar-refractivity contribution in [3.63, 3.8) is 0 Å². The third kappa shape index (κ3) is 32.5. The van der Waals surface area contributed by atoms with Crippen molar-refractivity contribution in [2.24, 2.45) is 0 Å². The quantitative estimate of drug-likeness (QED) is 0.0356. The van der Waals surface area contributed by atoms with Gasteiger partial charge in [-0.15, -0.1) is 0 Å². The Hall–Kier alpha value is -0.270. The standard InChI is InChI=1S/C33H68NO6P/c1-6-7-8-9-10-11-12-13-14-15-16-17-18-19-20-21-22-23-24-25-26-27-29-38-31-33(37-5)32-40-41(35,36)39-30-28-34(2,3)4/h18-19,33H,6-17,20-32H2,1-5H3/p+1/t33-/m1/s1. The molecule has 41 heavy (non-hydrogen) atoms. The number of hydrogen-bond donors (Lipinski definition) is 1. The second-order valence-corrected chi connectivity index (χ2v) is 14.1. The summed E-state index contributed by atoms with van der Waals surface area (Å²) in [7, 11) is 3.44. The summed E-state index contributed by atoms with van der Waals surface area (Å²) in [5, 5.41) is 0. The molecule has 0 aliphatic rings. The maximum atomic E-state index is 12.0. The van der Waals surface area contributed by atoms with Gasteiger partial charge in [-0.1, -0.05) is 115 Å². The van der Waals surface area contributed by atoms with Crippen LogP contribution in [0.4, 0.5) is 0 Å². The number of hydrogen-bond acceptors (Lipinski definition) is 5. The van der Waals surface area contributed by atoms with Gasteiger partial charge < -0.3 is 18.9 Å². The molecule has 0 heterocycles. The lowest BCUT2D eigenvalue weighted by molar-refractivity contribution is -0.870. The SMILES string of the molecule is CCCCCCCCCCCCCC=CCCCCCCCCCOC[C@H](COP(=O)(O)OCC[N+](C)(C)C)OC. The van der Waals surface area contributed by atoms with Crippen LogP contribution in [-0.4, -0.2) is 76.7 Å². The summed E-state index contributed by atoms with van der Waals surface area (Å²) in [6, 6.07) is 0. The highest BCUT2D eigenvalue weighted by Gasteiger charge is 2.24. The highest BCUT2D eigenvalue weighted by atomic mass is 31.2. The molecular weight excluding hydrogens is 537 g/mol. The zero-order valence-corrected chi connectivity index (χ0v) is 28.7. The first-order valence-electron chi connectivity index (χ1n) is 16.9. The lowest BCUT2D eigenvalue weighted by Crippen LogP contribution is -2.37. The normalized spacial score (nSPS) is 14.6. The van der Waals surface area contributed by atoms with Crippen molar-refractivity contribution in [3.8, 4) is 0 Å². The highest BCUT2D eigenvalue weighted by molar-refractivity contribution is 7.47. The predicted molar refractivity (Wildman–Crippen MR) is 173 cm³/mol. The lowest BCUT2D eigenvalue weighted by Gasteiger charge is -2.24. The second kappa shape index (κ2) is 28.5. The largest absolute Gasteiger partial charge is 0.472 e. The Morgan fingerprint density at radius 3 is 1.59 bits per heavy atom. The number of phosphoric ester groups is 1. The molecule has 0 saturated carbocycles. The van der Waals surface area contributed by atoms with Gasteiger partial charge in [0, 0.05) is 13.7 Å². The maximum absolute atomic E-state index is 12.0. The van der Waals surface area contributed by atoms with Crippen molar-refractivity contribution >= 4 is 7.82 Å². The van der Waals surface area contributed by atoms with Gasteiger partial charge in [0.25, 0.3) is 0 Å². The summed E-state index contributed by atoms with van der Waals surface area (Å²) in [6.07, 6.45) is 31.1. The van der Waals surface area contributed by atoms with Gasteiger partial charge in [0.15, 0.2) is 0 Å². The van der Waals surface area contributed by atoms with Gasteiger partial charge in [-0.3, -0.25) is 9.05 Å². The molecule has 0 aliphatic carbocycles. The van der Waals surface area contributed by atoms with E-state index in [9.17, 15) is 9.46 Å². The van der Waals surface area contributed by atoms with E-state index < -0.39 is 13.9 Å². The zero-order chi connectivity index (χ0) is 30.5. The van der Waals surface area contributed by atoms with Crippen LogP contribution in [0.5, 0.6) is 0 Å². The minimum atomic E-state index is -4.08. The van der Waals surface area contributed by atoms with E-state index in [0.29, 0.717) is 24.2 Å². The van der Waals surface area contributed by atoms with E-state index in [2.05, 4.69) is 19.1 Å². The van der Waals surface area contributed by atoms with Gasteiger partial charge in [-0.25, -0.2) is 4.57 Å². The van der Waals surface area contributed by atoms with Crippen molar-refractivity contribution in [3.05, 3.63) is 12.2 Å². The average Bonchev–Trinajstić information content (AvgIpc) is 2.91. The number of methoxy groups -OCH3 is 1. The molecule has 8 heteroatoms. The molecule has 0 fully saturated rings.